The predicted octanol–water partition coefficient (Wildman–Crippen LogP) is 4.15. The summed E-state index contributed by atoms with van der Waals surface area (Å²) in [6.45, 7) is 2.28. The molecule has 0 amide bonds. The zero-order valence-electron chi connectivity index (χ0n) is 11.6. The van der Waals surface area contributed by atoms with Crippen LogP contribution in [0.3, 0.4) is 0 Å². The largest absolute Gasteiger partial charge is 0.493 e. The lowest BCUT2D eigenvalue weighted by atomic mass is 9.99. The van der Waals surface area contributed by atoms with Crippen LogP contribution in [0.25, 0.3) is 0 Å². The van der Waals surface area contributed by atoms with Gasteiger partial charge < -0.3 is 4.74 Å². The normalized spacial score (nSPS) is 12.9. The van der Waals surface area contributed by atoms with Gasteiger partial charge >= 0.3 is 0 Å². The van der Waals surface area contributed by atoms with E-state index in [4.69, 9.17) is 16.3 Å². The molecule has 2 aromatic carbocycles. The minimum atomic E-state index is -0.367. The molecule has 0 radical (unpaired) electrons. The van der Waals surface area contributed by atoms with Gasteiger partial charge in [-0.2, -0.15) is 0 Å². The average molecular weight is 305 g/mol. The fourth-order valence-electron chi connectivity index (χ4n) is 2.52. The van der Waals surface area contributed by atoms with Crippen molar-refractivity contribution in [2.24, 2.45) is 0 Å². The second-order valence-corrected chi connectivity index (χ2v) is 5.65. The van der Waals surface area contributed by atoms with Gasteiger partial charge in [-0.25, -0.2) is 4.39 Å². The third kappa shape index (κ3) is 2.79. The predicted molar refractivity (Wildman–Crippen MR) is 79.8 cm³/mol. The van der Waals surface area contributed by atoms with E-state index in [9.17, 15) is 9.18 Å². The summed E-state index contributed by atoms with van der Waals surface area (Å²) in [6, 6.07) is 8.15. The topological polar surface area (TPSA) is 26.3 Å². The van der Waals surface area contributed by atoms with Gasteiger partial charge in [0, 0.05) is 29.0 Å². The number of carbonyl (C=O) groups excluding carboxylic acids is 1. The van der Waals surface area contributed by atoms with Gasteiger partial charge in [-0.1, -0.05) is 23.7 Å². The second kappa shape index (κ2) is 5.49. The molecule has 0 aromatic heterocycles. The summed E-state index contributed by atoms with van der Waals surface area (Å²) < 4.78 is 19.1. The molecule has 1 aliphatic rings. The lowest BCUT2D eigenvalue weighted by molar-refractivity contribution is 0.0991. The Balaban J connectivity index is 1.90. The van der Waals surface area contributed by atoms with Crippen LogP contribution in [0, 0.1) is 12.7 Å². The molecule has 21 heavy (non-hydrogen) atoms. The van der Waals surface area contributed by atoms with Crippen LogP contribution in [-0.2, 0) is 12.8 Å². The first kappa shape index (κ1) is 14.1. The molecular weight excluding hydrogens is 291 g/mol. The van der Waals surface area contributed by atoms with Crippen LogP contribution in [0.15, 0.2) is 30.3 Å². The average Bonchev–Trinajstić information content (AvgIpc) is 2.90. The summed E-state index contributed by atoms with van der Waals surface area (Å²) in [6.07, 6.45) is 0.960. The number of halogens is 2. The van der Waals surface area contributed by atoms with Crippen molar-refractivity contribution in [2.45, 2.75) is 19.8 Å². The number of ether oxygens (including phenoxy) is 1. The van der Waals surface area contributed by atoms with E-state index in [1.165, 1.54) is 6.07 Å². The van der Waals surface area contributed by atoms with Crippen molar-refractivity contribution in [3.63, 3.8) is 0 Å². The SMILES string of the molecule is Cc1ccc(C(=O)Cc2cc(Cl)cc3c2OCC3)cc1F. The van der Waals surface area contributed by atoms with Gasteiger partial charge in [0.1, 0.15) is 11.6 Å². The number of Topliss-reactive ketones (excluding diaryl/α,β-unsaturated/α-hetero) is 1. The summed E-state index contributed by atoms with van der Waals surface area (Å²) in [5.74, 6) is 0.239. The first-order valence-electron chi connectivity index (χ1n) is 6.78. The van der Waals surface area contributed by atoms with Crippen LogP contribution in [-0.4, -0.2) is 12.4 Å². The third-order valence-electron chi connectivity index (χ3n) is 3.67. The van der Waals surface area contributed by atoms with Gasteiger partial charge in [-0.15, -0.1) is 0 Å². The molecule has 4 heteroatoms. The Morgan fingerprint density at radius 2 is 2.14 bits per heavy atom. The number of ketones is 1. The van der Waals surface area contributed by atoms with Crippen molar-refractivity contribution in [2.75, 3.05) is 6.61 Å². The van der Waals surface area contributed by atoms with Crippen molar-refractivity contribution in [1.29, 1.82) is 0 Å². The van der Waals surface area contributed by atoms with E-state index in [1.807, 2.05) is 6.07 Å². The summed E-state index contributed by atoms with van der Waals surface area (Å²) in [5.41, 5.74) is 2.68. The molecule has 2 aromatic rings. The lowest BCUT2D eigenvalue weighted by Gasteiger charge is -2.09. The van der Waals surface area contributed by atoms with E-state index in [0.29, 0.717) is 22.8 Å². The molecule has 0 N–H and O–H groups in total. The Morgan fingerprint density at radius 1 is 1.33 bits per heavy atom. The summed E-state index contributed by atoms with van der Waals surface area (Å²) in [5, 5.41) is 0.595. The summed E-state index contributed by atoms with van der Waals surface area (Å²) in [7, 11) is 0. The maximum Gasteiger partial charge on any atom is 0.167 e. The summed E-state index contributed by atoms with van der Waals surface area (Å²) >= 11 is 6.08. The fourth-order valence-corrected chi connectivity index (χ4v) is 2.78. The number of carbonyl (C=O) groups is 1. The molecule has 0 atom stereocenters. The molecule has 1 aliphatic heterocycles. The van der Waals surface area contributed by atoms with Gasteiger partial charge in [0.2, 0.25) is 0 Å². The number of hydrogen-bond acceptors (Lipinski definition) is 2. The highest BCUT2D eigenvalue weighted by atomic mass is 35.5. The molecule has 0 spiro atoms. The Bertz CT molecular complexity index is 725. The van der Waals surface area contributed by atoms with Crippen molar-refractivity contribution in [1.82, 2.24) is 0 Å². The van der Waals surface area contributed by atoms with Gasteiger partial charge in [-0.05, 0) is 36.2 Å². The van der Waals surface area contributed by atoms with Crippen LogP contribution in [0.5, 0.6) is 5.75 Å². The first-order valence-corrected chi connectivity index (χ1v) is 7.16. The zero-order chi connectivity index (χ0) is 15.0. The third-order valence-corrected chi connectivity index (χ3v) is 3.89. The maximum absolute atomic E-state index is 13.6. The van der Waals surface area contributed by atoms with E-state index < -0.39 is 0 Å². The highest BCUT2D eigenvalue weighted by Gasteiger charge is 2.20. The minimum absolute atomic E-state index is 0.145. The van der Waals surface area contributed by atoms with Crippen LogP contribution in [0.4, 0.5) is 4.39 Å². The quantitative estimate of drug-likeness (QED) is 0.796. The molecule has 2 nitrogen and oxygen atoms in total. The molecule has 0 saturated carbocycles. The number of benzene rings is 2. The van der Waals surface area contributed by atoms with E-state index in [0.717, 1.165) is 23.3 Å². The van der Waals surface area contributed by atoms with Crippen LogP contribution < -0.4 is 4.74 Å². The monoisotopic (exact) mass is 304 g/mol. The smallest absolute Gasteiger partial charge is 0.167 e. The molecule has 0 fully saturated rings. The molecule has 0 unspecified atom stereocenters. The Kier molecular flexibility index (Phi) is 3.68. The standard InChI is InChI=1S/C17H14ClFO2/c1-10-2-3-11(8-15(10)19)16(20)9-13-7-14(18)6-12-4-5-21-17(12)13/h2-3,6-8H,4-5,9H2,1H3. The highest BCUT2D eigenvalue weighted by Crippen LogP contribution is 2.33. The number of hydrogen-bond donors (Lipinski definition) is 0. The maximum atomic E-state index is 13.6. The van der Waals surface area contributed by atoms with Crippen LogP contribution in [0.1, 0.15) is 27.0 Å². The first-order chi connectivity index (χ1) is 10.0. The number of aryl methyl sites for hydroxylation is 1. The molecule has 0 saturated heterocycles. The van der Waals surface area contributed by atoms with Gasteiger partial charge in [0.15, 0.2) is 5.78 Å². The van der Waals surface area contributed by atoms with Crippen molar-refractivity contribution < 1.29 is 13.9 Å². The number of fused-ring (bicyclic) bond motifs is 1. The van der Waals surface area contributed by atoms with E-state index in [2.05, 4.69) is 0 Å². The van der Waals surface area contributed by atoms with Gasteiger partial charge in [0.05, 0.1) is 6.61 Å². The molecule has 3 rings (SSSR count). The molecule has 1 heterocycles. The van der Waals surface area contributed by atoms with Gasteiger partial charge in [0.25, 0.3) is 0 Å². The molecule has 108 valence electrons. The van der Waals surface area contributed by atoms with Gasteiger partial charge in [-0.3, -0.25) is 4.79 Å². The Labute approximate surface area is 127 Å². The Hall–Kier alpha value is -1.87. The van der Waals surface area contributed by atoms with Crippen molar-refractivity contribution >= 4 is 17.4 Å². The zero-order valence-corrected chi connectivity index (χ0v) is 12.3. The van der Waals surface area contributed by atoms with Crippen molar-refractivity contribution in [3.8, 4) is 5.75 Å². The summed E-state index contributed by atoms with van der Waals surface area (Å²) in [4.78, 5) is 12.3. The molecular formula is C17H14ClFO2. The van der Waals surface area contributed by atoms with Crippen molar-refractivity contribution in [3.05, 3.63) is 63.4 Å². The second-order valence-electron chi connectivity index (χ2n) is 5.22. The molecule has 0 aliphatic carbocycles. The Morgan fingerprint density at radius 3 is 2.90 bits per heavy atom. The lowest BCUT2D eigenvalue weighted by Crippen LogP contribution is -2.06. The van der Waals surface area contributed by atoms with E-state index >= 15 is 0 Å². The van der Waals surface area contributed by atoms with Crippen LogP contribution >= 0.6 is 11.6 Å². The molecule has 0 bridgehead atoms. The highest BCUT2D eigenvalue weighted by molar-refractivity contribution is 6.30. The van der Waals surface area contributed by atoms with E-state index in [-0.39, 0.29) is 18.0 Å². The van der Waals surface area contributed by atoms with E-state index in [1.54, 1.807) is 25.1 Å². The fraction of sp³-hybridized carbons (Fsp3) is 0.235. The number of rotatable bonds is 3. The van der Waals surface area contributed by atoms with Crippen LogP contribution in [0.2, 0.25) is 5.02 Å². The minimum Gasteiger partial charge on any atom is -0.493 e.